The molecule has 1 aliphatic heterocycles. The number of anilines is 1. The lowest BCUT2D eigenvalue weighted by Crippen LogP contribution is -2.53. The van der Waals surface area contributed by atoms with Gasteiger partial charge < -0.3 is 10.6 Å². The van der Waals surface area contributed by atoms with Crippen LogP contribution in [0.3, 0.4) is 0 Å². The zero-order valence-electron chi connectivity index (χ0n) is 12.7. The molecule has 0 atom stereocenters. The van der Waals surface area contributed by atoms with Crippen LogP contribution in [0.4, 0.5) is 10.1 Å². The van der Waals surface area contributed by atoms with Crippen LogP contribution in [0.25, 0.3) is 0 Å². The molecular weight excluding hydrogens is 335 g/mol. The van der Waals surface area contributed by atoms with Gasteiger partial charge in [-0.2, -0.15) is 0 Å². The molecule has 1 heterocycles. The maximum Gasteiger partial charge on any atom is 0.161 e. The third kappa shape index (κ3) is 3.37. The first-order valence-corrected chi connectivity index (χ1v) is 7.83. The first kappa shape index (κ1) is 16.2. The van der Waals surface area contributed by atoms with Crippen LogP contribution >= 0.6 is 15.9 Å². The number of hydrogen-bond acceptors (Lipinski definition) is 3. The molecule has 6 heteroatoms. The lowest BCUT2D eigenvalue weighted by molar-refractivity contribution is 0.128. The highest BCUT2D eigenvalue weighted by Crippen LogP contribution is 2.30. The molecule has 0 saturated carbocycles. The summed E-state index contributed by atoms with van der Waals surface area (Å²) >= 11 is 3.21. The van der Waals surface area contributed by atoms with Crippen molar-refractivity contribution in [2.45, 2.75) is 26.3 Å². The molecule has 3 N–H and O–H groups in total. The fourth-order valence-corrected chi connectivity index (χ4v) is 3.16. The van der Waals surface area contributed by atoms with Crippen LogP contribution in [0, 0.1) is 11.2 Å². The summed E-state index contributed by atoms with van der Waals surface area (Å²) in [4.78, 5) is 4.45. The first-order valence-electron chi connectivity index (χ1n) is 7.04. The summed E-state index contributed by atoms with van der Waals surface area (Å²) in [5, 5.41) is 7.44. The molecule has 1 aromatic rings. The van der Waals surface area contributed by atoms with Crippen molar-refractivity contribution in [2.24, 2.45) is 5.73 Å². The highest BCUT2D eigenvalue weighted by atomic mass is 79.9. The van der Waals surface area contributed by atoms with E-state index in [2.05, 4.69) is 41.6 Å². The predicted octanol–water partition coefficient (Wildman–Crippen LogP) is 2.79. The highest BCUT2D eigenvalue weighted by molar-refractivity contribution is 9.10. The monoisotopic (exact) mass is 356 g/mol. The van der Waals surface area contributed by atoms with Gasteiger partial charge in [-0.25, -0.2) is 4.39 Å². The molecule has 4 nitrogen and oxygen atoms in total. The fraction of sp³-hybridized carbons (Fsp3) is 0.533. The molecule has 0 bridgehead atoms. The standard InChI is InChI=1S/C15H22BrFN4/c1-15(2,3)21-8-6-20(7-9-21)11-5-4-10(14(18)19)12(16)13(11)17/h4-5H,6-9H2,1-3H3,(H3,18,19). The maximum atomic E-state index is 14.5. The normalized spacial score (nSPS) is 17.1. The topological polar surface area (TPSA) is 56.4 Å². The SMILES string of the molecule is CC(C)(C)N1CCN(c2ccc(C(=N)N)c(Br)c2F)CC1. The maximum absolute atomic E-state index is 14.5. The summed E-state index contributed by atoms with van der Waals surface area (Å²) in [6, 6.07) is 3.41. The second-order valence-corrected chi connectivity index (χ2v) is 7.11. The van der Waals surface area contributed by atoms with E-state index in [1.165, 1.54) is 0 Å². The van der Waals surface area contributed by atoms with Crippen molar-refractivity contribution in [1.29, 1.82) is 5.41 Å². The summed E-state index contributed by atoms with van der Waals surface area (Å²) in [6.07, 6.45) is 0. The van der Waals surface area contributed by atoms with Gasteiger partial charge in [0, 0.05) is 37.3 Å². The minimum Gasteiger partial charge on any atom is -0.384 e. The molecule has 0 amide bonds. The second-order valence-electron chi connectivity index (χ2n) is 6.32. The van der Waals surface area contributed by atoms with Crippen LogP contribution in [-0.2, 0) is 0 Å². The lowest BCUT2D eigenvalue weighted by Gasteiger charge is -2.43. The van der Waals surface area contributed by atoms with Crippen LogP contribution in [0.15, 0.2) is 16.6 Å². The molecular formula is C15H22BrFN4. The van der Waals surface area contributed by atoms with Crippen LogP contribution in [0.5, 0.6) is 0 Å². The lowest BCUT2D eigenvalue weighted by atomic mass is 10.0. The summed E-state index contributed by atoms with van der Waals surface area (Å²) in [7, 11) is 0. The third-order valence-corrected chi connectivity index (χ3v) is 4.70. The van der Waals surface area contributed by atoms with Gasteiger partial charge in [0.05, 0.1) is 10.2 Å². The van der Waals surface area contributed by atoms with Crippen molar-refractivity contribution in [1.82, 2.24) is 4.90 Å². The Morgan fingerprint density at radius 3 is 2.29 bits per heavy atom. The van der Waals surface area contributed by atoms with E-state index in [1.54, 1.807) is 12.1 Å². The zero-order chi connectivity index (χ0) is 15.8. The molecule has 0 aromatic heterocycles. The van der Waals surface area contributed by atoms with E-state index in [-0.39, 0.29) is 21.7 Å². The largest absolute Gasteiger partial charge is 0.384 e. The van der Waals surface area contributed by atoms with E-state index >= 15 is 0 Å². The molecule has 0 aliphatic carbocycles. The van der Waals surface area contributed by atoms with Crippen molar-refractivity contribution in [2.75, 3.05) is 31.1 Å². The summed E-state index contributed by atoms with van der Waals surface area (Å²) in [5.41, 5.74) is 6.55. The first-order chi connectivity index (χ1) is 9.71. The van der Waals surface area contributed by atoms with Gasteiger partial charge in [0.15, 0.2) is 5.82 Å². The number of amidine groups is 1. The molecule has 1 aliphatic rings. The molecule has 1 aromatic carbocycles. The number of piperazine rings is 1. The smallest absolute Gasteiger partial charge is 0.161 e. The Bertz CT molecular complexity index is 545. The highest BCUT2D eigenvalue weighted by Gasteiger charge is 2.27. The van der Waals surface area contributed by atoms with Gasteiger partial charge in [0.25, 0.3) is 0 Å². The number of rotatable bonds is 2. The van der Waals surface area contributed by atoms with E-state index in [4.69, 9.17) is 11.1 Å². The van der Waals surface area contributed by atoms with Crippen LogP contribution < -0.4 is 10.6 Å². The Morgan fingerprint density at radius 2 is 1.81 bits per heavy atom. The van der Waals surface area contributed by atoms with Crippen molar-refractivity contribution in [3.05, 3.63) is 28.0 Å². The van der Waals surface area contributed by atoms with E-state index in [0.717, 1.165) is 26.2 Å². The molecule has 0 radical (unpaired) electrons. The Morgan fingerprint density at radius 1 is 1.24 bits per heavy atom. The Hall–Kier alpha value is -1.14. The van der Waals surface area contributed by atoms with Crippen LogP contribution in [0.2, 0.25) is 0 Å². The number of nitrogens with zero attached hydrogens (tertiary/aromatic N) is 2. The number of nitrogens with one attached hydrogen (secondary N) is 1. The minimum absolute atomic E-state index is 0.134. The summed E-state index contributed by atoms with van der Waals surface area (Å²) in [6.45, 7) is 9.99. The van der Waals surface area contributed by atoms with Gasteiger partial charge in [0.1, 0.15) is 5.84 Å². The van der Waals surface area contributed by atoms with Crippen LogP contribution in [0.1, 0.15) is 26.3 Å². The van der Waals surface area contributed by atoms with Gasteiger partial charge in [-0.05, 0) is 48.8 Å². The van der Waals surface area contributed by atoms with Gasteiger partial charge in [-0.3, -0.25) is 10.3 Å². The molecule has 116 valence electrons. The predicted molar refractivity (Wildman–Crippen MR) is 88.7 cm³/mol. The van der Waals surface area contributed by atoms with E-state index in [9.17, 15) is 4.39 Å². The van der Waals surface area contributed by atoms with Gasteiger partial charge in [0.2, 0.25) is 0 Å². The van der Waals surface area contributed by atoms with E-state index in [0.29, 0.717) is 11.3 Å². The molecule has 2 rings (SSSR count). The Balaban J connectivity index is 2.18. The molecule has 0 unspecified atom stereocenters. The average molecular weight is 357 g/mol. The van der Waals surface area contributed by atoms with E-state index < -0.39 is 0 Å². The zero-order valence-corrected chi connectivity index (χ0v) is 14.3. The number of nitrogens with two attached hydrogens (primary N) is 1. The molecule has 1 fully saturated rings. The van der Waals surface area contributed by atoms with Gasteiger partial charge in [-0.15, -0.1) is 0 Å². The Kier molecular flexibility index (Phi) is 4.58. The number of halogens is 2. The minimum atomic E-state index is -0.341. The van der Waals surface area contributed by atoms with Crippen molar-refractivity contribution < 1.29 is 4.39 Å². The number of hydrogen-bond donors (Lipinski definition) is 2. The average Bonchev–Trinajstić information content (AvgIpc) is 2.40. The third-order valence-electron chi connectivity index (χ3n) is 3.92. The number of nitrogen functional groups attached to an aromatic ring is 1. The quantitative estimate of drug-likeness (QED) is 0.632. The molecule has 21 heavy (non-hydrogen) atoms. The second kappa shape index (κ2) is 5.93. The summed E-state index contributed by atoms with van der Waals surface area (Å²) in [5.74, 6) is -0.475. The van der Waals surface area contributed by atoms with Crippen LogP contribution in [-0.4, -0.2) is 42.5 Å². The Labute approximate surface area is 133 Å². The fourth-order valence-electron chi connectivity index (χ4n) is 2.61. The van der Waals surface area contributed by atoms with Crippen molar-refractivity contribution in [3.8, 4) is 0 Å². The molecule has 1 saturated heterocycles. The van der Waals surface area contributed by atoms with Gasteiger partial charge >= 0.3 is 0 Å². The van der Waals surface area contributed by atoms with Gasteiger partial charge in [-0.1, -0.05) is 0 Å². The van der Waals surface area contributed by atoms with Crippen molar-refractivity contribution in [3.63, 3.8) is 0 Å². The van der Waals surface area contributed by atoms with E-state index in [1.807, 2.05) is 4.90 Å². The molecule has 0 spiro atoms. The number of benzene rings is 1. The van der Waals surface area contributed by atoms with Crippen molar-refractivity contribution >= 4 is 27.5 Å². The summed E-state index contributed by atoms with van der Waals surface area (Å²) < 4.78 is 14.8.